The van der Waals surface area contributed by atoms with E-state index in [2.05, 4.69) is 31.8 Å². The molecule has 0 aromatic heterocycles. The third-order valence-corrected chi connectivity index (χ3v) is 3.10. The molecule has 21 heavy (non-hydrogen) atoms. The van der Waals surface area contributed by atoms with Gasteiger partial charge in [-0.25, -0.2) is 9.82 Å². The Morgan fingerprint density at radius 1 is 1.14 bits per heavy atom. The Morgan fingerprint density at radius 2 is 1.81 bits per heavy atom. The van der Waals surface area contributed by atoms with Crippen LogP contribution in [0.4, 0.5) is 10.1 Å². The first-order valence-corrected chi connectivity index (χ1v) is 7.00. The van der Waals surface area contributed by atoms with Crippen molar-refractivity contribution in [2.45, 2.75) is 0 Å². The van der Waals surface area contributed by atoms with E-state index >= 15 is 0 Å². The summed E-state index contributed by atoms with van der Waals surface area (Å²) < 4.78 is 13.7. The number of nitrogens with one attached hydrogen (secondary N) is 2. The van der Waals surface area contributed by atoms with Gasteiger partial charge in [0.15, 0.2) is 0 Å². The van der Waals surface area contributed by atoms with E-state index in [-0.39, 0.29) is 18.3 Å². The second-order valence-corrected chi connectivity index (χ2v) is 5.12. The third kappa shape index (κ3) is 5.35. The largest absolute Gasteiger partial charge is 0.376 e. The van der Waals surface area contributed by atoms with Crippen LogP contribution in [0, 0.1) is 5.82 Å². The summed E-state index contributed by atoms with van der Waals surface area (Å²) >= 11 is 3.34. The molecule has 0 atom stereocenters. The normalized spacial score (nSPS) is 10.6. The maximum Gasteiger partial charge on any atom is 0.259 e. The van der Waals surface area contributed by atoms with E-state index in [0.717, 1.165) is 10.2 Å². The lowest BCUT2D eigenvalue weighted by atomic mass is 10.2. The minimum absolute atomic E-state index is 0.113. The highest BCUT2D eigenvalue weighted by atomic mass is 79.9. The topological polar surface area (TPSA) is 53.5 Å². The van der Waals surface area contributed by atoms with Crippen LogP contribution in [0.2, 0.25) is 0 Å². The number of carbonyl (C=O) groups excluding carboxylic acids is 1. The van der Waals surface area contributed by atoms with Crippen LogP contribution in [-0.2, 0) is 4.79 Å². The van der Waals surface area contributed by atoms with E-state index in [0.29, 0.717) is 5.56 Å². The minimum Gasteiger partial charge on any atom is -0.376 e. The number of hydrogen-bond donors (Lipinski definition) is 2. The molecule has 0 aliphatic heterocycles. The van der Waals surface area contributed by atoms with Gasteiger partial charge in [-0.3, -0.25) is 4.79 Å². The standard InChI is InChI=1S/C15H13BrFN3O/c16-12-3-7-14(8-4-12)18-10-15(21)20-19-9-11-1-5-13(17)6-2-11/h1-9,18H,10H2,(H,20,21). The van der Waals surface area contributed by atoms with Gasteiger partial charge in [0.25, 0.3) is 5.91 Å². The van der Waals surface area contributed by atoms with Gasteiger partial charge in [-0.1, -0.05) is 28.1 Å². The Bertz CT molecular complexity index is 626. The Hall–Kier alpha value is -2.21. The molecule has 0 fully saturated rings. The highest BCUT2D eigenvalue weighted by Crippen LogP contribution is 2.13. The van der Waals surface area contributed by atoms with Gasteiger partial charge in [0.05, 0.1) is 12.8 Å². The quantitative estimate of drug-likeness (QED) is 0.643. The zero-order chi connectivity index (χ0) is 15.1. The van der Waals surface area contributed by atoms with Gasteiger partial charge in [0.1, 0.15) is 5.82 Å². The number of rotatable bonds is 5. The Morgan fingerprint density at radius 3 is 2.48 bits per heavy atom. The predicted molar refractivity (Wildman–Crippen MR) is 84.8 cm³/mol. The van der Waals surface area contributed by atoms with Crippen LogP contribution in [-0.4, -0.2) is 18.7 Å². The number of carbonyl (C=O) groups is 1. The molecule has 0 saturated heterocycles. The van der Waals surface area contributed by atoms with Crippen molar-refractivity contribution in [1.82, 2.24) is 5.43 Å². The molecule has 6 heteroatoms. The molecule has 2 rings (SSSR count). The van der Waals surface area contributed by atoms with Crippen LogP contribution in [0.25, 0.3) is 0 Å². The van der Waals surface area contributed by atoms with Crippen molar-refractivity contribution in [2.24, 2.45) is 5.10 Å². The number of anilines is 1. The second kappa shape index (κ2) is 7.54. The fourth-order valence-corrected chi connectivity index (χ4v) is 1.78. The maximum absolute atomic E-state index is 12.7. The Labute approximate surface area is 130 Å². The summed E-state index contributed by atoms with van der Waals surface area (Å²) in [7, 11) is 0. The van der Waals surface area contributed by atoms with Crippen molar-refractivity contribution in [2.75, 3.05) is 11.9 Å². The summed E-state index contributed by atoms with van der Waals surface area (Å²) in [5.41, 5.74) is 3.94. The molecule has 0 bridgehead atoms. The average molecular weight is 350 g/mol. The van der Waals surface area contributed by atoms with Gasteiger partial charge < -0.3 is 5.32 Å². The fourth-order valence-electron chi connectivity index (χ4n) is 1.52. The molecule has 0 unspecified atom stereocenters. The van der Waals surface area contributed by atoms with E-state index in [1.807, 2.05) is 24.3 Å². The van der Waals surface area contributed by atoms with Crippen LogP contribution in [0.5, 0.6) is 0 Å². The first kappa shape index (κ1) is 15.2. The average Bonchev–Trinajstić information content (AvgIpc) is 2.49. The van der Waals surface area contributed by atoms with Crippen LogP contribution >= 0.6 is 15.9 Å². The summed E-state index contributed by atoms with van der Waals surface area (Å²) in [6.45, 7) is 0.113. The van der Waals surface area contributed by atoms with Gasteiger partial charge in [-0.05, 0) is 42.0 Å². The molecule has 0 aliphatic carbocycles. The number of benzene rings is 2. The van der Waals surface area contributed by atoms with Gasteiger partial charge in [-0.15, -0.1) is 0 Å². The fraction of sp³-hybridized carbons (Fsp3) is 0.0667. The second-order valence-electron chi connectivity index (χ2n) is 4.21. The zero-order valence-electron chi connectivity index (χ0n) is 11.0. The molecular formula is C15H13BrFN3O. The Kier molecular flexibility index (Phi) is 5.45. The molecule has 0 saturated carbocycles. The molecule has 1 amide bonds. The van der Waals surface area contributed by atoms with Crippen molar-refractivity contribution >= 4 is 33.7 Å². The lowest BCUT2D eigenvalue weighted by Crippen LogP contribution is -2.25. The molecule has 2 aromatic rings. The maximum atomic E-state index is 12.7. The first-order chi connectivity index (χ1) is 10.1. The monoisotopic (exact) mass is 349 g/mol. The van der Waals surface area contributed by atoms with Crippen molar-refractivity contribution < 1.29 is 9.18 Å². The number of hydrazone groups is 1. The number of halogens is 2. The van der Waals surface area contributed by atoms with Crippen LogP contribution < -0.4 is 10.7 Å². The molecule has 0 radical (unpaired) electrons. The van der Waals surface area contributed by atoms with Crippen molar-refractivity contribution in [3.63, 3.8) is 0 Å². The van der Waals surface area contributed by atoms with E-state index in [1.54, 1.807) is 12.1 Å². The zero-order valence-corrected chi connectivity index (χ0v) is 12.6. The van der Waals surface area contributed by atoms with E-state index in [4.69, 9.17) is 0 Å². The van der Waals surface area contributed by atoms with Crippen LogP contribution in [0.3, 0.4) is 0 Å². The molecule has 2 aromatic carbocycles. The summed E-state index contributed by atoms with van der Waals surface area (Å²) in [6, 6.07) is 13.3. The SMILES string of the molecule is O=C(CNc1ccc(Br)cc1)NN=Cc1ccc(F)cc1. The third-order valence-electron chi connectivity index (χ3n) is 2.57. The molecule has 0 spiro atoms. The summed E-state index contributed by atoms with van der Waals surface area (Å²) in [5, 5.41) is 6.77. The number of hydrogen-bond acceptors (Lipinski definition) is 3. The molecular weight excluding hydrogens is 337 g/mol. The molecule has 0 aliphatic rings. The smallest absolute Gasteiger partial charge is 0.259 e. The van der Waals surface area contributed by atoms with Crippen LogP contribution in [0.1, 0.15) is 5.56 Å². The van der Waals surface area contributed by atoms with E-state index in [1.165, 1.54) is 18.3 Å². The Balaban J connectivity index is 1.77. The van der Waals surface area contributed by atoms with Gasteiger partial charge in [-0.2, -0.15) is 5.10 Å². The van der Waals surface area contributed by atoms with Crippen molar-refractivity contribution in [3.05, 3.63) is 64.4 Å². The number of nitrogens with zero attached hydrogens (tertiary/aromatic N) is 1. The summed E-state index contributed by atoms with van der Waals surface area (Å²) in [6.07, 6.45) is 1.46. The molecule has 2 N–H and O–H groups in total. The lowest BCUT2D eigenvalue weighted by molar-refractivity contribution is -0.119. The summed E-state index contributed by atoms with van der Waals surface area (Å²) in [5.74, 6) is -0.578. The minimum atomic E-state index is -0.310. The predicted octanol–water partition coefficient (Wildman–Crippen LogP) is 3.15. The first-order valence-electron chi connectivity index (χ1n) is 6.20. The molecule has 4 nitrogen and oxygen atoms in total. The molecule has 108 valence electrons. The highest BCUT2D eigenvalue weighted by Gasteiger charge is 1.99. The van der Waals surface area contributed by atoms with Gasteiger partial charge in [0, 0.05) is 10.2 Å². The van der Waals surface area contributed by atoms with Gasteiger partial charge in [0.2, 0.25) is 0 Å². The highest BCUT2D eigenvalue weighted by molar-refractivity contribution is 9.10. The van der Waals surface area contributed by atoms with Crippen LogP contribution in [0.15, 0.2) is 58.1 Å². The number of amides is 1. The summed E-state index contributed by atoms with van der Waals surface area (Å²) in [4.78, 5) is 11.6. The van der Waals surface area contributed by atoms with Crippen molar-refractivity contribution in [1.29, 1.82) is 0 Å². The van der Waals surface area contributed by atoms with E-state index in [9.17, 15) is 9.18 Å². The lowest BCUT2D eigenvalue weighted by Gasteiger charge is -2.05. The van der Waals surface area contributed by atoms with Crippen molar-refractivity contribution in [3.8, 4) is 0 Å². The van der Waals surface area contributed by atoms with Gasteiger partial charge >= 0.3 is 0 Å². The molecule has 0 heterocycles. The van der Waals surface area contributed by atoms with E-state index < -0.39 is 0 Å².